The van der Waals surface area contributed by atoms with Gasteiger partial charge in [0.15, 0.2) is 0 Å². The Morgan fingerprint density at radius 3 is 3.00 bits per heavy atom. The predicted octanol–water partition coefficient (Wildman–Crippen LogP) is 0.571. The highest BCUT2D eigenvalue weighted by atomic mass is 32.1. The number of thiophene rings is 1. The Hall–Kier alpha value is -1.11. The van der Waals surface area contributed by atoms with Gasteiger partial charge >= 0.3 is 0 Å². The number of carbonyl (C=O) groups excluding carboxylic acids is 1. The van der Waals surface area contributed by atoms with Gasteiger partial charge in [-0.25, -0.2) is 0 Å². The number of nitrogens with two attached hydrogens (primary N) is 1. The molecule has 1 heterocycles. The van der Waals surface area contributed by atoms with Crippen LogP contribution in [0.1, 0.15) is 11.8 Å². The highest BCUT2D eigenvalue weighted by molar-refractivity contribution is 7.10. The quantitative estimate of drug-likeness (QED) is 0.624. The number of hydrogen-bond donors (Lipinski definition) is 3. The van der Waals surface area contributed by atoms with Crippen LogP contribution in [-0.2, 0) is 16.1 Å². The lowest BCUT2D eigenvalue weighted by Crippen LogP contribution is -2.42. The molecule has 0 radical (unpaired) electrons. The first kappa shape index (κ1) is 14.0. The van der Waals surface area contributed by atoms with Crippen LogP contribution < -0.4 is 16.4 Å². The molecule has 0 spiro atoms. The second kappa shape index (κ2) is 7.26. The number of hydrogen-bond acceptors (Lipinski definition) is 5. The minimum atomic E-state index is -0.242. The van der Waals surface area contributed by atoms with Gasteiger partial charge in [-0.3, -0.25) is 4.79 Å². The van der Waals surface area contributed by atoms with Gasteiger partial charge in [-0.15, -0.1) is 11.3 Å². The molecule has 5 nitrogen and oxygen atoms in total. The lowest BCUT2D eigenvalue weighted by molar-refractivity contribution is -0.122. The zero-order valence-electron chi connectivity index (χ0n) is 10.2. The van der Waals surface area contributed by atoms with Crippen molar-refractivity contribution in [1.29, 1.82) is 0 Å². The van der Waals surface area contributed by atoms with Crippen LogP contribution >= 0.6 is 11.3 Å². The van der Waals surface area contributed by atoms with Crippen LogP contribution in [0, 0.1) is 0 Å². The highest BCUT2D eigenvalue weighted by Gasteiger charge is 2.12. The number of methoxy groups -OCH3 is 1. The SMILES string of the molecule is COCCNC(=O)C(C)NCc1sccc1N. The van der Waals surface area contributed by atoms with Crippen LogP contribution in [0.2, 0.25) is 0 Å². The molecule has 1 amide bonds. The molecule has 1 rings (SSSR count). The second-order valence-corrected chi connectivity index (χ2v) is 4.69. The molecular weight excluding hydrogens is 238 g/mol. The summed E-state index contributed by atoms with van der Waals surface area (Å²) in [5.74, 6) is -0.0304. The highest BCUT2D eigenvalue weighted by Crippen LogP contribution is 2.18. The van der Waals surface area contributed by atoms with E-state index in [1.165, 1.54) is 0 Å². The molecule has 1 aromatic heterocycles. The second-order valence-electron chi connectivity index (χ2n) is 3.69. The van der Waals surface area contributed by atoms with Gasteiger partial charge < -0.3 is 21.1 Å². The largest absolute Gasteiger partial charge is 0.398 e. The van der Waals surface area contributed by atoms with E-state index in [1.54, 1.807) is 18.4 Å². The Kier molecular flexibility index (Phi) is 5.96. The van der Waals surface area contributed by atoms with Crippen molar-refractivity contribution in [3.05, 3.63) is 16.3 Å². The van der Waals surface area contributed by atoms with Crippen molar-refractivity contribution < 1.29 is 9.53 Å². The summed E-state index contributed by atoms with van der Waals surface area (Å²) in [7, 11) is 1.60. The first-order chi connectivity index (χ1) is 8.15. The fourth-order valence-corrected chi connectivity index (χ4v) is 2.01. The normalized spacial score (nSPS) is 12.4. The van der Waals surface area contributed by atoms with Crippen molar-refractivity contribution in [1.82, 2.24) is 10.6 Å². The summed E-state index contributed by atoms with van der Waals surface area (Å²) in [6, 6.07) is 1.62. The minimum absolute atomic E-state index is 0.0304. The van der Waals surface area contributed by atoms with Crippen molar-refractivity contribution >= 4 is 22.9 Å². The van der Waals surface area contributed by atoms with E-state index in [2.05, 4.69) is 10.6 Å². The van der Waals surface area contributed by atoms with Gasteiger partial charge in [-0.05, 0) is 18.4 Å². The average molecular weight is 257 g/mol. The van der Waals surface area contributed by atoms with Crippen LogP contribution in [0.25, 0.3) is 0 Å². The Balaban J connectivity index is 2.27. The number of nitrogens with one attached hydrogen (secondary N) is 2. The molecule has 0 aromatic carbocycles. The van der Waals surface area contributed by atoms with E-state index in [0.29, 0.717) is 19.7 Å². The smallest absolute Gasteiger partial charge is 0.236 e. The fraction of sp³-hybridized carbons (Fsp3) is 0.545. The number of rotatable bonds is 7. The topological polar surface area (TPSA) is 76.4 Å². The van der Waals surface area contributed by atoms with E-state index in [1.807, 2.05) is 18.4 Å². The summed E-state index contributed by atoms with van der Waals surface area (Å²) in [6.45, 7) is 3.49. The van der Waals surface area contributed by atoms with Crippen LogP contribution in [0.15, 0.2) is 11.4 Å². The van der Waals surface area contributed by atoms with Gasteiger partial charge in [-0.2, -0.15) is 0 Å². The van der Waals surface area contributed by atoms with Gasteiger partial charge in [-0.1, -0.05) is 0 Å². The van der Waals surface area contributed by atoms with Gasteiger partial charge in [0.2, 0.25) is 5.91 Å². The molecule has 1 unspecified atom stereocenters. The fourth-order valence-electron chi connectivity index (χ4n) is 1.26. The molecule has 1 atom stereocenters. The number of amides is 1. The lowest BCUT2D eigenvalue weighted by atomic mass is 10.3. The molecule has 0 bridgehead atoms. The number of anilines is 1. The Morgan fingerprint density at radius 1 is 1.65 bits per heavy atom. The monoisotopic (exact) mass is 257 g/mol. The molecule has 6 heteroatoms. The van der Waals surface area contributed by atoms with Crippen LogP contribution in [0.4, 0.5) is 5.69 Å². The van der Waals surface area contributed by atoms with Crippen LogP contribution in [-0.4, -0.2) is 32.2 Å². The summed E-state index contributed by atoms with van der Waals surface area (Å²) < 4.78 is 4.86. The summed E-state index contributed by atoms with van der Waals surface area (Å²) in [5, 5.41) is 7.84. The lowest BCUT2D eigenvalue weighted by Gasteiger charge is -2.13. The summed E-state index contributed by atoms with van der Waals surface area (Å²) in [6.07, 6.45) is 0. The van der Waals surface area contributed by atoms with Crippen molar-refractivity contribution in [3.63, 3.8) is 0 Å². The van der Waals surface area contributed by atoms with Gasteiger partial charge in [0, 0.05) is 30.8 Å². The third-order valence-corrected chi connectivity index (χ3v) is 3.28. The molecule has 0 aliphatic heterocycles. The summed E-state index contributed by atoms with van der Waals surface area (Å²) >= 11 is 1.59. The van der Waals surface area contributed by atoms with Crippen molar-refractivity contribution in [3.8, 4) is 0 Å². The third-order valence-electron chi connectivity index (χ3n) is 2.35. The van der Waals surface area contributed by atoms with E-state index in [9.17, 15) is 4.79 Å². The molecule has 0 aliphatic carbocycles. The first-order valence-electron chi connectivity index (χ1n) is 5.47. The van der Waals surface area contributed by atoms with Gasteiger partial charge in [0.05, 0.1) is 12.6 Å². The van der Waals surface area contributed by atoms with E-state index in [4.69, 9.17) is 10.5 Å². The van der Waals surface area contributed by atoms with Crippen molar-refractivity contribution in [2.24, 2.45) is 0 Å². The Morgan fingerprint density at radius 2 is 2.41 bits per heavy atom. The number of carbonyl (C=O) groups is 1. The maximum atomic E-state index is 11.6. The summed E-state index contributed by atoms with van der Waals surface area (Å²) in [5.41, 5.74) is 6.53. The molecule has 4 N–H and O–H groups in total. The average Bonchev–Trinajstić information content (AvgIpc) is 2.72. The molecule has 0 saturated carbocycles. The van der Waals surface area contributed by atoms with E-state index < -0.39 is 0 Å². The third kappa shape index (κ3) is 4.72. The predicted molar refractivity (Wildman–Crippen MR) is 69.9 cm³/mol. The van der Waals surface area contributed by atoms with E-state index in [-0.39, 0.29) is 11.9 Å². The molecule has 17 heavy (non-hydrogen) atoms. The number of nitrogen functional groups attached to an aromatic ring is 1. The molecule has 0 aliphatic rings. The number of ether oxygens (including phenoxy) is 1. The molecule has 96 valence electrons. The van der Waals surface area contributed by atoms with Crippen LogP contribution in [0.5, 0.6) is 0 Å². The first-order valence-corrected chi connectivity index (χ1v) is 6.35. The van der Waals surface area contributed by atoms with Gasteiger partial charge in [0.1, 0.15) is 0 Å². The van der Waals surface area contributed by atoms with Crippen molar-refractivity contribution in [2.75, 3.05) is 26.0 Å². The summed E-state index contributed by atoms with van der Waals surface area (Å²) in [4.78, 5) is 12.7. The molecule has 1 aromatic rings. The maximum Gasteiger partial charge on any atom is 0.236 e. The molecule has 0 fully saturated rings. The Labute approximate surface area is 105 Å². The van der Waals surface area contributed by atoms with E-state index >= 15 is 0 Å². The minimum Gasteiger partial charge on any atom is -0.398 e. The van der Waals surface area contributed by atoms with E-state index in [0.717, 1.165) is 10.6 Å². The van der Waals surface area contributed by atoms with Crippen LogP contribution in [0.3, 0.4) is 0 Å². The standard InChI is InChI=1S/C11H19N3O2S/c1-8(11(15)13-4-5-16-2)14-7-10-9(12)3-6-17-10/h3,6,8,14H,4-5,7,12H2,1-2H3,(H,13,15). The molecular formula is C11H19N3O2S. The Bertz CT molecular complexity index is 354. The molecule has 0 saturated heterocycles. The van der Waals surface area contributed by atoms with Gasteiger partial charge in [0.25, 0.3) is 0 Å². The zero-order chi connectivity index (χ0) is 12.7. The van der Waals surface area contributed by atoms with Crippen molar-refractivity contribution in [2.45, 2.75) is 19.5 Å². The zero-order valence-corrected chi connectivity index (χ0v) is 11.0. The maximum absolute atomic E-state index is 11.6.